The first-order chi connectivity index (χ1) is 8.04. The molecule has 0 saturated heterocycles. The van der Waals surface area contributed by atoms with Crippen molar-refractivity contribution in [2.24, 2.45) is 13.0 Å². The fraction of sp³-hybridized carbons (Fsp3) is 0.769. The molecular weight excluding hydrogens is 212 g/mol. The van der Waals surface area contributed by atoms with Gasteiger partial charge in [-0.15, -0.1) is 0 Å². The van der Waals surface area contributed by atoms with Crippen molar-refractivity contribution in [3.8, 4) is 0 Å². The average molecular weight is 238 g/mol. The number of hydrogen-bond acceptors (Lipinski definition) is 3. The van der Waals surface area contributed by atoms with Gasteiger partial charge in [-0.2, -0.15) is 5.10 Å². The SMILES string of the molecule is CCNCC(C(C)C)N(C)Cc1cnn(C)c1. The van der Waals surface area contributed by atoms with Crippen LogP contribution in [-0.2, 0) is 13.6 Å². The molecule has 0 saturated carbocycles. The summed E-state index contributed by atoms with van der Waals surface area (Å²) in [7, 11) is 4.15. The molecule has 4 heteroatoms. The first kappa shape index (κ1) is 14.2. The normalized spacial score (nSPS) is 13.6. The largest absolute Gasteiger partial charge is 0.315 e. The summed E-state index contributed by atoms with van der Waals surface area (Å²) >= 11 is 0. The Morgan fingerprint density at radius 3 is 2.65 bits per heavy atom. The molecular formula is C13H26N4. The quantitative estimate of drug-likeness (QED) is 0.781. The minimum Gasteiger partial charge on any atom is -0.315 e. The molecule has 0 amide bonds. The second kappa shape index (κ2) is 6.77. The van der Waals surface area contributed by atoms with Crippen molar-refractivity contribution in [1.82, 2.24) is 20.0 Å². The van der Waals surface area contributed by atoms with Crippen LogP contribution in [-0.4, -0.2) is 40.9 Å². The number of aryl methyl sites for hydroxylation is 1. The molecule has 0 aliphatic heterocycles. The highest BCUT2D eigenvalue weighted by Crippen LogP contribution is 2.12. The average Bonchev–Trinajstić information content (AvgIpc) is 2.64. The van der Waals surface area contributed by atoms with Gasteiger partial charge in [0.25, 0.3) is 0 Å². The van der Waals surface area contributed by atoms with Gasteiger partial charge in [0.2, 0.25) is 0 Å². The summed E-state index contributed by atoms with van der Waals surface area (Å²) in [5, 5.41) is 7.65. The van der Waals surface area contributed by atoms with Crippen LogP contribution in [0.5, 0.6) is 0 Å². The van der Waals surface area contributed by atoms with E-state index in [1.54, 1.807) is 0 Å². The van der Waals surface area contributed by atoms with E-state index < -0.39 is 0 Å². The zero-order valence-electron chi connectivity index (χ0n) is 11.8. The van der Waals surface area contributed by atoms with Crippen LogP contribution in [0.2, 0.25) is 0 Å². The lowest BCUT2D eigenvalue weighted by Crippen LogP contribution is -2.43. The first-order valence-electron chi connectivity index (χ1n) is 6.43. The van der Waals surface area contributed by atoms with Gasteiger partial charge in [0.1, 0.15) is 0 Å². The zero-order valence-corrected chi connectivity index (χ0v) is 11.8. The van der Waals surface area contributed by atoms with Crippen molar-refractivity contribution in [2.75, 3.05) is 20.1 Å². The van der Waals surface area contributed by atoms with Crippen molar-refractivity contribution in [3.63, 3.8) is 0 Å². The molecule has 1 atom stereocenters. The summed E-state index contributed by atoms with van der Waals surface area (Å²) in [5.74, 6) is 0.649. The summed E-state index contributed by atoms with van der Waals surface area (Å²) in [6.07, 6.45) is 4.03. The number of rotatable bonds is 7. The highest BCUT2D eigenvalue weighted by atomic mass is 15.2. The van der Waals surface area contributed by atoms with Crippen LogP contribution in [0, 0.1) is 5.92 Å². The third-order valence-electron chi connectivity index (χ3n) is 3.13. The second-order valence-electron chi connectivity index (χ2n) is 5.06. The van der Waals surface area contributed by atoms with Crippen LogP contribution >= 0.6 is 0 Å². The molecule has 1 heterocycles. The first-order valence-corrected chi connectivity index (χ1v) is 6.43. The van der Waals surface area contributed by atoms with Gasteiger partial charge in [0.05, 0.1) is 6.20 Å². The van der Waals surface area contributed by atoms with Crippen LogP contribution < -0.4 is 5.32 Å². The predicted molar refractivity (Wildman–Crippen MR) is 71.8 cm³/mol. The van der Waals surface area contributed by atoms with Gasteiger partial charge >= 0.3 is 0 Å². The van der Waals surface area contributed by atoms with Gasteiger partial charge in [-0.25, -0.2) is 0 Å². The fourth-order valence-electron chi connectivity index (χ4n) is 2.15. The van der Waals surface area contributed by atoms with Gasteiger partial charge in [0, 0.05) is 37.9 Å². The molecule has 0 aliphatic rings. The summed E-state index contributed by atoms with van der Waals surface area (Å²) in [5.41, 5.74) is 1.28. The van der Waals surface area contributed by atoms with E-state index in [9.17, 15) is 0 Å². The van der Waals surface area contributed by atoms with Crippen LogP contribution in [0.4, 0.5) is 0 Å². The Balaban J connectivity index is 2.55. The molecule has 1 unspecified atom stereocenters. The predicted octanol–water partition coefficient (Wildman–Crippen LogP) is 1.49. The van der Waals surface area contributed by atoms with Crippen molar-refractivity contribution < 1.29 is 0 Å². The molecule has 0 spiro atoms. The van der Waals surface area contributed by atoms with E-state index in [-0.39, 0.29) is 0 Å². The van der Waals surface area contributed by atoms with E-state index in [1.807, 2.05) is 17.9 Å². The Hall–Kier alpha value is -0.870. The van der Waals surface area contributed by atoms with E-state index in [2.05, 4.69) is 49.3 Å². The topological polar surface area (TPSA) is 33.1 Å². The number of aromatic nitrogens is 2. The molecule has 0 aromatic carbocycles. The van der Waals surface area contributed by atoms with E-state index in [0.717, 1.165) is 19.6 Å². The lowest BCUT2D eigenvalue weighted by molar-refractivity contribution is 0.180. The molecule has 0 bridgehead atoms. The third kappa shape index (κ3) is 4.48. The smallest absolute Gasteiger partial charge is 0.0534 e. The Labute approximate surface area is 105 Å². The minimum absolute atomic E-state index is 0.565. The zero-order chi connectivity index (χ0) is 12.8. The molecule has 4 nitrogen and oxygen atoms in total. The van der Waals surface area contributed by atoms with E-state index >= 15 is 0 Å². The van der Waals surface area contributed by atoms with Gasteiger partial charge in [-0.3, -0.25) is 9.58 Å². The molecule has 0 radical (unpaired) electrons. The van der Waals surface area contributed by atoms with E-state index in [0.29, 0.717) is 12.0 Å². The molecule has 1 N–H and O–H groups in total. The fourth-order valence-corrected chi connectivity index (χ4v) is 2.15. The monoisotopic (exact) mass is 238 g/mol. The molecule has 98 valence electrons. The van der Waals surface area contributed by atoms with Crippen molar-refractivity contribution in [3.05, 3.63) is 18.0 Å². The maximum atomic E-state index is 4.21. The molecule has 0 aliphatic carbocycles. The molecule has 0 fully saturated rings. The lowest BCUT2D eigenvalue weighted by Gasteiger charge is -2.31. The molecule has 1 aromatic heterocycles. The lowest BCUT2D eigenvalue weighted by atomic mass is 10.0. The maximum absolute atomic E-state index is 4.21. The van der Waals surface area contributed by atoms with Crippen LogP contribution in [0.15, 0.2) is 12.4 Å². The van der Waals surface area contributed by atoms with Crippen molar-refractivity contribution in [1.29, 1.82) is 0 Å². The Morgan fingerprint density at radius 2 is 2.18 bits per heavy atom. The van der Waals surface area contributed by atoms with E-state index in [1.165, 1.54) is 5.56 Å². The molecule has 1 aromatic rings. The Morgan fingerprint density at radius 1 is 1.47 bits per heavy atom. The van der Waals surface area contributed by atoms with Crippen LogP contribution in [0.25, 0.3) is 0 Å². The van der Waals surface area contributed by atoms with Crippen molar-refractivity contribution in [2.45, 2.75) is 33.4 Å². The van der Waals surface area contributed by atoms with Gasteiger partial charge in [-0.05, 0) is 19.5 Å². The van der Waals surface area contributed by atoms with Crippen molar-refractivity contribution >= 4 is 0 Å². The Bertz CT molecular complexity index is 319. The summed E-state index contributed by atoms with van der Waals surface area (Å²) in [4.78, 5) is 2.41. The molecule has 1 rings (SSSR count). The van der Waals surface area contributed by atoms with Crippen LogP contribution in [0.3, 0.4) is 0 Å². The van der Waals surface area contributed by atoms with Crippen LogP contribution in [0.1, 0.15) is 26.3 Å². The molecule has 17 heavy (non-hydrogen) atoms. The highest BCUT2D eigenvalue weighted by molar-refractivity contribution is 5.03. The van der Waals surface area contributed by atoms with E-state index in [4.69, 9.17) is 0 Å². The Kier molecular flexibility index (Phi) is 5.65. The second-order valence-corrected chi connectivity index (χ2v) is 5.06. The minimum atomic E-state index is 0.565. The van der Waals surface area contributed by atoms with Gasteiger partial charge < -0.3 is 5.32 Å². The number of likely N-dealkylation sites (N-methyl/N-ethyl adjacent to an activating group) is 2. The number of hydrogen-bond donors (Lipinski definition) is 1. The third-order valence-corrected chi connectivity index (χ3v) is 3.13. The maximum Gasteiger partial charge on any atom is 0.0534 e. The standard InChI is InChI=1S/C13H26N4/c1-6-14-8-13(11(2)3)16(4)9-12-7-15-17(5)10-12/h7,10-11,13-14H,6,8-9H2,1-5H3. The summed E-state index contributed by atoms with van der Waals surface area (Å²) in [6.45, 7) is 9.75. The highest BCUT2D eigenvalue weighted by Gasteiger charge is 2.18. The van der Waals surface area contributed by atoms with Gasteiger partial charge in [-0.1, -0.05) is 20.8 Å². The van der Waals surface area contributed by atoms with Gasteiger partial charge in [0.15, 0.2) is 0 Å². The number of nitrogens with zero attached hydrogens (tertiary/aromatic N) is 3. The summed E-state index contributed by atoms with van der Waals surface area (Å²) in [6, 6.07) is 0.565. The number of nitrogens with one attached hydrogen (secondary N) is 1. The summed E-state index contributed by atoms with van der Waals surface area (Å²) < 4.78 is 1.86.